The monoisotopic (exact) mass is 461 g/mol. The number of unbranched alkanes of at least 4 members (excludes halogenated alkanes) is 2. The lowest BCUT2D eigenvalue weighted by molar-refractivity contribution is -0.139. The van der Waals surface area contributed by atoms with Crippen LogP contribution in [0.2, 0.25) is 0 Å². The summed E-state index contributed by atoms with van der Waals surface area (Å²) in [5.41, 5.74) is 3.08. The van der Waals surface area contributed by atoms with Crippen LogP contribution in [0.15, 0.2) is 12.1 Å². The number of carboxylic acid groups (broad SMARTS) is 1. The standard InChI is InChI=1S/C27H43NO5/c1-5-6-7-8-20(29)9-10-21-22-12-17-11-19(28-27(2,3)4)15-25(33-16-26(31)32)23(17)13-18(22)14-24(21)30/h11,15,18,20-22,24,28-30H,5-10,12-14,16H2,1-4H3,(H,31,32)/t18-,20-,21+,22-,24+/m0/s1. The summed E-state index contributed by atoms with van der Waals surface area (Å²) in [6.07, 6.45) is 7.63. The molecule has 6 heteroatoms. The highest BCUT2D eigenvalue weighted by Gasteiger charge is 2.45. The Hall–Kier alpha value is -1.79. The van der Waals surface area contributed by atoms with E-state index < -0.39 is 5.97 Å². The summed E-state index contributed by atoms with van der Waals surface area (Å²) in [6.45, 7) is 8.09. The molecule has 0 heterocycles. The number of fused-ring (bicyclic) bond motifs is 2. The molecule has 186 valence electrons. The summed E-state index contributed by atoms with van der Waals surface area (Å²) in [6, 6.07) is 4.09. The van der Waals surface area contributed by atoms with Crippen molar-refractivity contribution in [2.24, 2.45) is 17.8 Å². The van der Waals surface area contributed by atoms with Crippen molar-refractivity contribution in [3.63, 3.8) is 0 Å². The fraction of sp³-hybridized carbons (Fsp3) is 0.741. The van der Waals surface area contributed by atoms with Gasteiger partial charge in [0.25, 0.3) is 0 Å². The Bertz CT molecular complexity index is 802. The van der Waals surface area contributed by atoms with Gasteiger partial charge in [-0.2, -0.15) is 0 Å². The molecular weight excluding hydrogens is 418 g/mol. The molecule has 0 radical (unpaired) electrons. The van der Waals surface area contributed by atoms with Gasteiger partial charge < -0.3 is 25.4 Å². The van der Waals surface area contributed by atoms with Gasteiger partial charge in [0, 0.05) is 17.3 Å². The Morgan fingerprint density at radius 2 is 1.97 bits per heavy atom. The molecule has 0 amide bonds. The molecule has 1 saturated carbocycles. The van der Waals surface area contributed by atoms with Crippen molar-refractivity contribution in [2.75, 3.05) is 11.9 Å². The van der Waals surface area contributed by atoms with E-state index in [4.69, 9.17) is 9.84 Å². The molecule has 0 aliphatic heterocycles. The number of carboxylic acids is 1. The van der Waals surface area contributed by atoms with Gasteiger partial charge in [-0.15, -0.1) is 0 Å². The van der Waals surface area contributed by atoms with Crippen LogP contribution in [0.4, 0.5) is 5.69 Å². The Morgan fingerprint density at radius 3 is 2.64 bits per heavy atom. The Kier molecular flexibility index (Phi) is 8.68. The molecule has 0 unspecified atom stereocenters. The van der Waals surface area contributed by atoms with E-state index in [0.29, 0.717) is 17.6 Å². The van der Waals surface area contributed by atoms with Crippen LogP contribution in [0.3, 0.4) is 0 Å². The molecule has 1 aromatic carbocycles. The van der Waals surface area contributed by atoms with Crippen molar-refractivity contribution in [1.82, 2.24) is 0 Å². The summed E-state index contributed by atoms with van der Waals surface area (Å²) in [5, 5.41) is 33.9. The van der Waals surface area contributed by atoms with Gasteiger partial charge in [-0.3, -0.25) is 0 Å². The van der Waals surface area contributed by atoms with Gasteiger partial charge >= 0.3 is 5.97 Å². The van der Waals surface area contributed by atoms with E-state index in [1.165, 1.54) is 5.56 Å². The van der Waals surface area contributed by atoms with Crippen LogP contribution in [0, 0.1) is 17.8 Å². The second-order valence-corrected chi connectivity index (χ2v) is 11.2. The molecule has 5 atom stereocenters. The predicted octanol–water partition coefficient (Wildman–Crippen LogP) is 4.79. The largest absolute Gasteiger partial charge is 0.482 e. The van der Waals surface area contributed by atoms with Gasteiger partial charge in [-0.25, -0.2) is 4.79 Å². The number of hydrogen-bond acceptors (Lipinski definition) is 5. The third-order valence-electron chi connectivity index (χ3n) is 7.26. The first-order chi connectivity index (χ1) is 15.6. The molecule has 6 nitrogen and oxygen atoms in total. The minimum absolute atomic E-state index is 0.129. The zero-order chi connectivity index (χ0) is 24.2. The number of ether oxygens (including phenoxy) is 1. The molecule has 2 aliphatic rings. The van der Waals surface area contributed by atoms with Crippen LogP contribution in [0.5, 0.6) is 5.75 Å². The van der Waals surface area contributed by atoms with Crippen molar-refractivity contribution in [3.05, 3.63) is 23.3 Å². The summed E-state index contributed by atoms with van der Waals surface area (Å²) < 4.78 is 5.71. The second-order valence-electron chi connectivity index (χ2n) is 11.2. The highest BCUT2D eigenvalue weighted by Crippen LogP contribution is 2.49. The first-order valence-electron chi connectivity index (χ1n) is 12.7. The zero-order valence-electron chi connectivity index (χ0n) is 20.8. The average Bonchev–Trinajstić information content (AvgIpc) is 3.02. The highest BCUT2D eigenvalue weighted by atomic mass is 16.5. The number of aliphatic hydroxyl groups is 2. The molecule has 0 spiro atoms. The van der Waals surface area contributed by atoms with E-state index >= 15 is 0 Å². The number of nitrogens with one attached hydrogen (secondary N) is 1. The minimum atomic E-state index is -0.986. The van der Waals surface area contributed by atoms with Crippen molar-refractivity contribution >= 4 is 11.7 Å². The smallest absolute Gasteiger partial charge is 0.341 e. The number of aliphatic hydroxyl groups excluding tert-OH is 2. The number of rotatable bonds is 11. The highest BCUT2D eigenvalue weighted by molar-refractivity contribution is 5.69. The molecule has 4 N–H and O–H groups in total. The lowest BCUT2D eigenvalue weighted by atomic mass is 9.73. The number of carbonyl (C=O) groups is 1. The van der Waals surface area contributed by atoms with E-state index in [-0.39, 0.29) is 30.3 Å². The average molecular weight is 462 g/mol. The normalized spacial score (nSPS) is 25.3. The number of benzene rings is 1. The van der Waals surface area contributed by atoms with E-state index in [2.05, 4.69) is 39.1 Å². The summed E-state index contributed by atoms with van der Waals surface area (Å²) >= 11 is 0. The molecule has 2 aliphatic carbocycles. The molecular formula is C27H43NO5. The van der Waals surface area contributed by atoms with Crippen molar-refractivity contribution in [1.29, 1.82) is 0 Å². The summed E-state index contributed by atoms with van der Waals surface area (Å²) in [7, 11) is 0. The van der Waals surface area contributed by atoms with Crippen LogP contribution in [0.1, 0.15) is 83.8 Å². The van der Waals surface area contributed by atoms with Crippen LogP contribution < -0.4 is 10.1 Å². The second kappa shape index (κ2) is 11.1. The van der Waals surface area contributed by atoms with E-state index in [9.17, 15) is 15.0 Å². The molecule has 33 heavy (non-hydrogen) atoms. The zero-order valence-corrected chi connectivity index (χ0v) is 20.8. The Balaban J connectivity index is 1.76. The maximum absolute atomic E-state index is 11.1. The van der Waals surface area contributed by atoms with E-state index in [1.807, 2.05) is 6.07 Å². The molecule has 0 aromatic heterocycles. The topological polar surface area (TPSA) is 99.0 Å². The lowest BCUT2D eigenvalue weighted by Gasteiger charge is -2.33. The van der Waals surface area contributed by atoms with Crippen LogP contribution in [-0.2, 0) is 17.6 Å². The maximum atomic E-state index is 11.1. The lowest BCUT2D eigenvalue weighted by Crippen LogP contribution is -2.29. The summed E-state index contributed by atoms with van der Waals surface area (Å²) in [4.78, 5) is 11.1. The van der Waals surface area contributed by atoms with Crippen LogP contribution in [-0.4, -0.2) is 45.6 Å². The SMILES string of the molecule is CCCCC[C@H](O)CC[C@@H]1[C@H]2Cc3cc(NC(C)(C)C)cc(OCC(=O)O)c3C[C@H]2C[C@H]1O. The minimum Gasteiger partial charge on any atom is -0.482 e. The van der Waals surface area contributed by atoms with Crippen LogP contribution >= 0.6 is 0 Å². The molecule has 3 rings (SSSR count). The van der Waals surface area contributed by atoms with Gasteiger partial charge in [0.2, 0.25) is 0 Å². The van der Waals surface area contributed by atoms with Gasteiger partial charge in [0.15, 0.2) is 6.61 Å². The number of aliphatic carboxylic acids is 1. The predicted molar refractivity (Wildman–Crippen MR) is 131 cm³/mol. The summed E-state index contributed by atoms with van der Waals surface area (Å²) in [5.74, 6) is 0.604. The Labute approximate surface area is 198 Å². The number of hydrogen-bond donors (Lipinski definition) is 4. The fourth-order valence-corrected chi connectivity index (χ4v) is 5.82. The third kappa shape index (κ3) is 7.10. The first-order valence-corrected chi connectivity index (χ1v) is 12.7. The first kappa shape index (κ1) is 25.8. The van der Waals surface area contributed by atoms with E-state index in [0.717, 1.165) is 69.0 Å². The van der Waals surface area contributed by atoms with Gasteiger partial charge in [-0.1, -0.05) is 26.2 Å². The fourth-order valence-electron chi connectivity index (χ4n) is 5.82. The maximum Gasteiger partial charge on any atom is 0.341 e. The molecule has 1 fully saturated rings. The van der Waals surface area contributed by atoms with Gasteiger partial charge in [0.1, 0.15) is 5.75 Å². The third-order valence-corrected chi connectivity index (χ3v) is 7.26. The van der Waals surface area contributed by atoms with Crippen molar-refractivity contribution in [2.45, 2.75) is 103 Å². The number of anilines is 1. The molecule has 0 bridgehead atoms. The molecule has 0 saturated heterocycles. The Morgan fingerprint density at radius 1 is 1.21 bits per heavy atom. The van der Waals surface area contributed by atoms with Crippen molar-refractivity contribution in [3.8, 4) is 5.75 Å². The van der Waals surface area contributed by atoms with Crippen LogP contribution in [0.25, 0.3) is 0 Å². The van der Waals surface area contributed by atoms with Gasteiger partial charge in [0.05, 0.1) is 12.2 Å². The molecule has 1 aromatic rings. The van der Waals surface area contributed by atoms with Crippen molar-refractivity contribution < 1.29 is 24.9 Å². The van der Waals surface area contributed by atoms with E-state index in [1.54, 1.807) is 0 Å². The van der Waals surface area contributed by atoms with Gasteiger partial charge in [-0.05, 0) is 94.2 Å². The quantitative estimate of drug-likeness (QED) is 0.354.